The number of hydrogen-bond acceptors (Lipinski definition) is 2. The number of piperazine rings is 1. The van der Waals surface area contributed by atoms with Gasteiger partial charge in [-0.1, -0.05) is 26.0 Å². The Hall–Kier alpha value is -1.91. The summed E-state index contributed by atoms with van der Waals surface area (Å²) in [5.74, 6) is -0.623. The highest BCUT2D eigenvalue weighted by Crippen LogP contribution is 2.20. The van der Waals surface area contributed by atoms with E-state index in [1.54, 1.807) is 24.0 Å². The summed E-state index contributed by atoms with van der Waals surface area (Å²) < 4.78 is 13.2. The Morgan fingerprint density at radius 3 is 2.65 bits per heavy atom. The number of nitrogens with one attached hydrogen (secondary N) is 1. The van der Waals surface area contributed by atoms with Gasteiger partial charge in [-0.2, -0.15) is 0 Å². The molecule has 2 unspecified atom stereocenters. The van der Waals surface area contributed by atoms with Crippen LogP contribution in [0.1, 0.15) is 26.3 Å². The number of carbonyl (C=O) groups excluding carboxylic acids is 2. The van der Waals surface area contributed by atoms with E-state index in [9.17, 15) is 14.0 Å². The highest BCUT2D eigenvalue weighted by molar-refractivity contribution is 5.96. The van der Waals surface area contributed by atoms with E-state index >= 15 is 0 Å². The van der Waals surface area contributed by atoms with Crippen LogP contribution in [-0.2, 0) is 16.1 Å². The van der Waals surface area contributed by atoms with Crippen molar-refractivity contribution in [3.8, 4) is 0 Å². The van der Waals surface area contributed by atoms with Gasteiger partial charge in [0.05, 0.1) is 0 Å². The fourth-order valence-corrected chi connectivity index (χ4v) is 2.56. The summed E-state index contributed by atoms with van der Waals surface area (Å²) in [4.78, 5) is 25.9. The highest BCUT2D eigenvalue weighted by Gasteiger charge is 2.39. The summed E-state index contributed by atoms with van der Waals surface area (Å²) in [5.41, 5.74) is 0.686. The minimum Gasteiger partial charge on any atom is -0.343 e. The number of benzene rings is 1. The highest BCUT2D eigenvalue weighted by atomic mass is 19.1. The molecule has 1 fully saturated rings. The molecule has 1 saturated heterocycles. The Bertz CT molecular complexity index is 530. The zero-order valence-electron chi connectivity index (χ0n) is 11.9. The van der Waals surface area contributed by atoms with Gasteiger partial charge in [-0.25, -0.2) is 4.39 Å². The third-order valence-electron chi connectivity index (χ3n) is 3.49. The molecule has 1 aliphatic rings. The molecule has 1 aliphatic heterocycles. The third-order valence-corrected chi connectivity index (χ3v) is 3.49. The van der Waals surface area contributed by atoms with E-state index in [2.05, 4.69) is 5.32 Å². The van der Waals surface area contributed by atoms with Gasteiger partial charge < -0.3 is 10.2 Å². The Labute approximate surface area is 118 Å². The number of carbonyl (C=O) groups is 2. The van der Waals surface area contributed by atoms with Gasteiger partial charge in [0.15, 0.2) is 0 Å². The van der Waals surface area contributed by atoms with Crippen LogP contribution in [0.3, 0.4) is 0 Å². The fraction of sp³-hybridized carbons (Fsp3) is 0.467. The predicted molar refractivity (Wildman–Crippen MR) is 73.2 cm³/mol. The number of amides is 2. The van der Waals surface area contributed by atoms with E-state index in [-0.39, 0.29) is 30.1 Å². The first-order valence-electron chi connectivity index (χ1n) is 6.75. The smallest absolute Gasteiger partial charge is 0.245 e. The molecule has 0 spiro atoms. The third kappa shape index (κ3) is 2.81. The predicted octanol–water partition coefficient (Wildman–Crippen LogP) is 1.70. The lowest BCUT2D eigenvalue weighted by Gasteiger charge is -2.40. The zero-order chi connectivity index (χ0) is 14.9. The molecule has 108 valence electrons. The van der Waals surface area contributed by atoms with Crippen molar-refractivity contribution < 1.29 is 14.0 Å². The van der Waals surface area contributed by atoms with Gasteiger partial charge in [0.1, 0.15) is 17.9 Å². The lowest BCUT2D eigenvalue weighted by Crippen LogP contribution is -2.63. The van der Waals surface area contributed by atoms with Crippen molar-refractivity contribution in [2.24, 2.45) is 5.92 Å². The van der Waals surface area contributed by atoms with E-state index in [1.807, 2.05) is 13.8 Å². The van der Waals surface area contributed by atoms with Gasteiger partial charge in [-0.05, 0) is 30.5 Å². The van der Waals surface area contributed by atoms with E-state index in [4.69, 9.17) is 0 Å². The van der Waals surface area contributed by atoms with Crippen molar-refractivity contribution in [1.29, 1.82) is 0 Å². The van der Waals surface area contributed by atoms with Crippen LogP contribution in [0, 0.1) is 11.7 Å². The average molecular weight is 278 g/mol. The molecule has 0 aliphatic carbocycles. The van der Waals surface area contributed by atoms with E-state index < -0.39 is 12.1 Å². The standard InChI is InChI=1S/C15H19FN2O2/c1-9(2)13-14(19)17-10(3)15(20)18(13)8-11-5-4-6-12(16)7-11/h4-7,9-10,13H,8H2,1-3H3,(H,17,19). The molecule has 4 nitrogen and oxygen atoms in total. The average Bonchev–Trinajstić information content (AvgIpc) is 2.35. The Kier molecular flexibility index (Phi) is 4.06. The molecule has 5 heteroatoms. The first-order chi connectivity index (χ1) is 9.40. The van der Waals surface area contributed by atoms with Gasteiger partial charge in [-0.3, -0.25) is 9.59 Å². The van der Waals surface area contributed by atoms with Crippen LogP contribution in [-0.4, -0.2) is 28.8 Å². The normalized spacial score (nSPS) is 23.1. The van der Waals surface area contributed by atoms with Crippen molar-refractivity contribution >= 4 is 11.8 Å². The molecule has 2 atom stereocenters. The first-order valence-corrected chi connectivity index (χ1v) is 6.75. The van der Waals surface area contributed by atoms with Crippen LogP contribution >= 0.6 is 0 Å². The number of rotatable bonds is 3. The molecule has 0 aromatic heterocycles. The van der Waals surface area contributed by atoms with Gasteiger partial charge in [0, 0.05) is 6.54 Å². The topological polar surface area (TPSA) is 49.4 Å². The van der Waals surface area contributed by atoms with Gasteiger partial charge in [0.25, 0.3) is 0 Å². The summed E-state index contributed by atoms with van der Waals surface area (Å²) in [6.45, 7) is 5.70. The van der Waals surface area contributed by atoms with E-state index in [0.717, 1.165) is 0 Å². The molecule has 20 heavy (non-hydrogen) atoms. The Balaban J connectivity index is 2.28. The molecule has 0 radical (unpaired) electrons. The van der Waals surface area contributed by atoms with Gasteiger partial charge in [0.2, 0.25) is 11.8 Å². The molecule has 2 amide bonds. The van der Waals surface area contributed by atoms with Crippen molar-refractivity contribution in [2.45, 2.75) is 39.4 Å². The second kappa shape index (κ2) is 5.61. The molecule has 1 aromatic rings. The number of hydrogen-bond donors (Lipinski definition) is 1. The maximum absolute atomic E-state index is 13.2. The molecule has 0 saturated carbocycles. The molecule has 2 rings (SSSR count). The van der Waals surface area contributed by atoms with Crippen LogP contribution in [0.25, 0.3) is 0 Å². The lowest BCUT2D eigenvalue weighted by molar-refractivity contribution is -0.151. The zero-order valence-corrected chi connectivity index (χ0v) is 11.9. The maximum Gasteiger partial charge on any atom is 0.245 e. The van der Waals surface area contributed by atoms with Crippen LogP contribution in [0.4, 0.5) is 4.39 Å². The summed E-state index contributed by atoms with van der Waals surface area (Å²) in [6, 6.07) is 5.06. The first kappa shape index (κ1) is 14.5. The Morgan fingerprint density at radius 1 is 1.35 bits per heavy atom. The maximum atomic E-state index is 13.2. The van der Waals surface area contributed by atoms with Crippen molar-refractivity contribution in [3.63, 3.8) is 0 Å². The van der Waals surface area contributed by atoms with Crippen LogP contribution in [0.15, 0.2) is 24.3 Å². The lowest BCUT2D eigenvalue weighted by atomic mass is 9.96. The van der Waals surface area contributed by atoms with Crippen LogP contribution in [0.5, 0.6) is 0 Å². The second-order valence-corrected chi connectivity index (χ2v) is 5.52. The Morgan fingerprint density at radius 2 is 2.05 bits per heavy atom. The summed E-state index contributed by atoms with van der Waals surface area (Å²) in [7, 11) is 0. The van der Waals surface area contributed by atoms with Crippen molar-refractivity contribution in [3.05, 3.63) is 35.6 Å². The molecule has 1 heterocycles. The van der Waals surface area contributed by atoms with Crippen LogP contribution < -0.4 is 5.32 Å². The molecular weight excluding hydrogens is 259 g/mol. The number of halogens is 1. The molecule has 1 aromatic carbocycles. The van der Waals surface area contributed by atoms with Crippen LogP contribution in [0.2, 0.25) is 0 Å². The van der Waals surface area contributed by atoms with Crippen molar-refractivity contribution in [1.82, 2.24) is 10.2 Å². The monoisotopic (exact) mass is 278 g/mol. The fourth-order valence-electron chi connectivity index (χ4n) is 2.56. The number of nitrogens with zero attached hydrogens (tertiary/aromatic N) is 1. The second-order valence-electron chi connectivity index (χ2n) is 5.52. The van der Waals surface area contributed by atoms with E-state index in [0.29, 0.717) is 5.56 Å². The minimum absolute atomic E-state index is 0.00000850. The summed E-state index contributed by atoms with van der Waals surface area (Å²) in [6.07, 6.45) is 0. The summed E-state index contributed by atoms with van der Waals surface area (Å²) >= 11 is 0. The quantitative estimate of drug-likeness (QED) is 0.915. The van der Waals surface area contributed by atoms with Gasteiger partial charge >= 0.3 is 0 Å². The summed E-state index contributed by atoms with van der Waals surface area (Å²) in [5, 5.41) is 2.68. The molecule has 0 bridgehead atoms. The minimum atomic E-state index is -0.536. The van der Waals surface area contributed by atoms with Crippen molar-refractivity contribution in [2.75, 3.05) is 0 Å². The van der Waals surface area contributed by atoms with E-state index in [1.165, 1.54) is 12.1 Å². The largest absolute Gasteiger partial charge is 0.343 e. The molecule has 1 N–H and O–H groups in total. The van der Waals surface area contributed by atoms with Gasteiger partial charge in [-0.15, -0.1) is 0 Å². The molecular formula is C15H19FN2O2. The SMILES string of the molecule is CC1NC(=O)C(C(C)C)N(Cc2cccc(F)c2)C1=O.